The number of nitrogens with one attached hydrogen (secondary N) is 1. The summed E-state index contributed by atoms with van der Waals surface area (Å²) in [6.07, 6.45) is 7.74. The minimum absolute atomic E-state index is 0.0242. The molecule has 0 bridgehead atoms. The first-order chi connectivity index (χ1) is 9.20. The normalized spacial score (nSPS) is 28.9. The zero-order valence-corrected chi connectivity index (χ0v) is 12.8. The highest BCUT2D eigenvalue weighted by molar-refractivity contribution is 5.03. The van der Waals surface area contributed by atoms with Crippen molar-refractivity contribution < 1.29 is 5.11 Å². The van der Waals surface area contributed by atoms with E-state index in [0.717, 1.165) is 25.4 Å². The van der Waals surface area contributed by atoms with E-state index in [9.17, 15) is 5.11 Å². The highest BCUT2D eigenvalue weighted by atomic mass is 16.3. The zero-order chi connectivity index (χ0) is 13.7. The number of nitrogens with zero attached hydrogens (tertiary/aromatic N) is 1. The summed E-state index contributed by atoms with van der Waals surface area (Å²) in [4.78, 5) is 2.60. The largest absolute Gasteiger partial charge is 0.394 e. The van der Waals surface area contributed by atoms with Gasteiger partial charge < -0.3 is 15.3 Å². The van der Waals surface area contributed by atoms with Gasteiger partial charge in [0, 0.05) is 6.54 Å². The highest BCUT2D eigenvalue weighted by Crippen LogP contribution is 2.40. The van der Waals surface area contributed by atoms with E-state index in [1.54, 1.807) is 0 Å². The van der Waals surface area contributed by atoms with Gasteiger partial charge in [-0.1, -0.05) is 13.8 Å². The van der Waals surface area contributed by atoms with Gasteiger partial charge in [-0.3, -0.25) is 0 Å². The monoisotopic (exact) mass is 268 g/mol. The van der Waals surface area contributed by atoms with Crippen molar-refractivity contribution in [2.45, 2.75) is 57.9 Å². The molecule has 3 nitrogen and oxygen atoms in total. The van der Waals surface area contributed by atoms with Gasteiger partial charge in [0.15, 0.2) is 0 Å². The van der Waals surface area contributed by atoms with Crippen molar-refractivity contribution in [1.82, 2.24) is 10.2 Å². The third-order valence-corrected chi connectivity index (χ3v) is 4.98. The van der Waals surface area contributed by atoms with E-state index in [-0.39, 0.29) is 5.54 Å². The van der Waals surface area contributed by atoms with Crippen molar-refractivity contribution in [2.75, 3.05) is 32.8 Å². The molecule has 0 aromatic carbocycles. The molecule has 2 fully saturated rings. The van der Waals surface area contributed by atoms with E-state index in [0.29, 0.717) is 12.5 Å². The van der Waals surface area contributed by atoms with E-state index in [1.165, 1.54) is 45.2 Å². The van der Waals surface area contributed by atoms with Crippen molar-refractivity contribution in [3.05, 3.63) is 0 Å². The predicted molar refractivity (Wildman–Crippen MR) is 80.3 cm³/mol. The molecule has 2 atom stereocenters. The number of rotatable bonds is 7. The molecule has 2 unspecified atom stereocenters. The molecule has 0 spiro atoms. The SMILES string of the molecule is CCCNC(CO)(CN1CCCC(C)CC1)C1CC1. The average Bonchev–Trinajstić information content (AvgIpc) is 3.24. The molecule has 0 radical (unpaired) electrons. The van der Waals surface area contributed by atoms with E-state index < -0.39 is 0 Å². The smallest absolute Gasteiger partial charge is 0.0628 e. The number of likely N-dealkylation sites (tertiary alicyclic amines) is 1. The first-order valence-electron chi connectivity index (χ1n) is 8.28. The minimum atomic E-state index is -0.0242. The summed E-state index contributed by atoms with van der Waals surface area (Å²) >= 11 is 0. The molecule has 2 rings (SSSR count). The maximum Gasteiger partial charge on any atom is 0.0628 e. The van der Waals surface area contributed by atoms with Crippen molar-refractivity contribution >= 4 is 0 Å². The zero-order valence-electron chi connectivity index (χ0n) is 12.8. The standard InChI is InChI=1S/C16H32N2O/c1-3-9-17-16(13-19,15-6-7-15)12-18-10-4-5-14(2)8-11-18/h14-15,17,19H,3-13H2,1-2H3. The molecule has 3 heteroatoms. The molecule has 0 aromatic rings. The summed E-state index contributed by atoms with van der Waals surface area (Å²) in [5.74, 6) is 1.57. The second-order valence-electron chi connectivity index (χ2n) is 6.83. The van der Waals surface area contributed by atoms with Gasteiger partial charge in [0.2, 0.25) is 0 Å². The molecule has 1 heterocycles. The van der Waals surface area contributed by atoms with Crippen molar-refractivity contribution in [1.29, 1.82) is 0 Å². The Morgan fingerprint density at radius 2 is 2.00 bits per heavy atom. The van der Waals surface area contributed by atoms with Crippen LogP contribution in [-0.2, 0) is 0 Å². The maximum atomic E-state index is 9.98. The number of hydrogen-bond donors (Lipinski definition) is 2. The Hall–Kier alpha value is -0.120. The minimum Gasteiger partial charge on any atom is -0.394 e. The van der Waals surface area contributed by atoms with Crippen LogP contribution in [0, 0.1) is 11.8 Å². The molecule has 1 aliphatic heterocycles. The van der Waals surface area contributed by atoms with Gasteiger partial charge in [0.25, 0.3) is 0 Å². The van der Waals surface area contributed by atoms with Crippen LogP contribution in [0.4, 0.5) is 0 Å². The number of hydrogen-bond acceptors (Lipinski definition) is 3. The second-order valence-corrected chi connectivity index (χ2v) is 6.83. The first kappa shape index (κ1) is 15.3. The van der Waals surface area contributed by atoms with Crippen LogP contribution < -0.4 is 5.32 Å². The molecule has 1 aliphatic carbocycles. The second kappa shape index (κ2) is 7.05. The van der Waals surface area contributed by atoms with Crippen LogP contribution in [0.3, 0.4) is 0 Å². The Balaban J connectivity index is 1.94. The Morgan fingerprint density at radius 1 is 1.21 bits per heavy atom. The topological polar surface area (TPSA) is 35.5 Å². The van der Waals surface area contributed by atoms with E-state index in [1.807, 2.05) is 0 Å². The Labute approximate surface area is 118 Å². The van der Waals surface area contributed by atoms with Gasteiger partial charge in [-0.05, 0) is 70.0 Å². The summed E-state index contributed by atoms with van der Waals surface area (Å²) in [6.45, 7) is 9.37. The molecule has 112 valence electrons. The van der Waals surface area contributed by atoms with Gasteiger partial charge in [-0.15, -0.1) is 0 Å². The van der Waals surface area contributed by atoms with Crippen LogP contribution in [0.2, 0.25) is 0 Å². The predicted octanol–water partition coefficient (Wildman–Crippen LogP) is 2.25. The van der Waals surface area contributed by atoms with Crippen LogP contribution >= 0.6 is 0 Å². The Bertz CT molecular complexity index is 267. The maximum absolute atomic E-state index is 9.98. The number of aliphatic hydroxyl groups is 1. The lowest BCUT2D eigenvalue weighted by molar-refractivity contribution is 0.0915. The fourth-order valence-corrected chi connectivity index (χ4v) is 3.45. The summed E-state index contributed by atoms with van der Waals surface area (Å²) in [7, 11) is 0. The van der Waals surface area contributed by atoms with Crippen LogP contribution in [0.15, 0.2) is 0 Å². The van der Waals surface area contributed by atoms with Crippen LogP contribution in [-0.4, -0.2) is 48.3 Å². The molecule has 0 aromatic heterocycles. The van der Waals surface area contributed by atoms with Crippen LogP contribution in [0.25, 0.3) is 0 Å². The summed E-state index contributed by atoms with van der Waals surface area (Å²) < 4.78 is 0. The van der Waals surface area contributed by atoms with Gasteiger partial charge in [0.05, 0.1) is 12.1 Å². The third kappa shape index (κ3) is 4.17. The molecule has 19 heavy (non-hydrogen) atoms. The van der Waals surface area contributed by atoms with E-state index in [2.05, 4.69) is 24.1 Å². The lowest BCUT2D eigenvalue weighted by Crippen LogP contribution is -2.58. The summed E-state index contributed by atoms with van der Waals surface area (Å²) in [5, 5.41) is 13.7. The van der Waals surface area contributed by atoms with E-state index >= 15 is 0 Å². The fraction of sp³-hybridized carbons (Fsp3) is 1.00. The van der Waals surface area contributed by atoms with Crippen molar-refractivity contribution in [3.63, 3.8) is 0 Å². The Morgan fingerprint density at radius 3 is 2.63 bits per heavy atom. The Kier molecular flexibility index (Phi) is 5.67. The summed E-state index contributed by atoms with van der Waals surface area (Å²) in [6, 6.07) is 0. The highest BCUT2D eigenvalue weighted by Gasteiger charge is 2.45. The molecule has 2 aliphatic rings. The summed E-state index contributed by atoms with van der Waals surface area (Å²) in [5.41, 5.74) is -0.0242. The molecule has 1 saturated carbocycles. The van der Waals surface area contributed by atoms with Gasteiger partial charge >= 0.3 is 0 Å². The average molecular weight is 268 g/mol. The molecule has 0 amide bonds. The fourth-order valence-electron chi connectivity index (χ4n) is 3.45. The third-order valence-electron chi connectivity index (χ3n) is 4.98. The molecule has 2 N–H and O–H groups in total. The first-order valence-corrected chi connectivity index (χ1v) is 8.28. The van der Waals surface area contributed by atoms with Gasteiger partial charge in [-0.25, -0.2) is 0 Å². The molecular weight excluding hydrogens is 236 g/mol. The van der Waals surface area contributed by atoms with Crippen LogP contribution in [0.5, 0.6) is 0 Å². The van der Waals surface area contributed by atoms with Gasteiger partial charge in [-0.2, -0.15) is 0 Å². The molecular formula is C16H32N2O. The van der Waals surface area contributed by atoms with Crippen LogP contribution in [0.1, 0.15) is 52.4 Å². The number of aliphatic hydroxyl groups excluding tert-OH is 1. The lowest BCUT2D eigenvalue weighted by Gasteiger charge is -2.38. The van der Waals surface area contributed by atoms with Crippen molar-refractivity contribution in [2.24, 2.45) is 11.8 Å². The van der Waals surface area contributed by atoms with E-state index in [4.69, 9.17) is 0 Å². The van der Waals surface area contributed by atoms with Crippen molar-refractivity contribution in [3.8, 4) is 0 Å². The van der Waals surface area contributed by atoms with Gasteiger partial charge in [0.1, 0.15) is 0 Å². The quantitative estimate of drug-likeness (QED) is 0.743. The lowest BCUT2D eigenvalue weighted by atomic mass is 9.92. The molecule has 1 saturated heterocycles.